The molecule has 0 aromatic carbocycles. The molecule has 80 valence electrons. The summed E-state index contributed by atoms with van der Waals surface area (Å²) in [5.41, 5.74) is 0. The number of hydrogen-bond acceptors (Lipinski definition) is 4. The SMILES string of the molecule is CC(C)CO.CC(C)CO.[OH-].[OH-].[Zr+4]. The molecule has 0 fully saturated rings. The van der Waals surface area contributed by atoms with E-state index in [9.17, 15) is 0 Å². The third-order valence-corrected chi connectivity index (χ3v) is 0.730. The van der Waals surface area contributed by atoms with Crippen LogP contribution in [0.4, 0.5) is 0 Å². The Balaban J connectivity index is -0.0000000267. The minimum Gasteiger partial charge on any atom is -0.870 e. The fourth-order valence-electron chi connectivity index (χ4n) is 0. The average molecular weight is 273 g/mol. The molecule has 0 radical (unpaired) electrons. The van der Waals surface area contributed by atoms with E-state index < -0.39 is 0 Å². The van der Waals surface area contributed by atoms with Gasteiger partial charge in [0.25, 0.3) is 0 Å². The van der Waals surface area contributed by atoms with E-state index in [0.29, 0.717) is 25.0 Å². The second kappa shape index (κ2) is 23.0. The monoisotopic (exact) mass is 272 g/mol. The molecule has 0 aliphatic rings. The van der Waals surface area contributed by atoms with E-state index in [1.165, 1.54) is 0 Å². The molecule has 4 nitrogen and oxygen atoms in total. The van der Waals surface area contributed by atoms with Crippen LogP contribution >= 0.6 is 0 Å². The quantitative estimate of drug-likeness (QED) is 0.781. The standard InChI is InChI=1S/2C4H10O.2H2O.Zr/c2*1-4(2)3-5;;;/h2*4-5H,3H2,1-2H3;2*1H2;/q;;;;+4/p-2. The molecule has 0 heterocycles. The van der Waals surface area contributed by atoms with Crippen molar-refractivity contribution in [3.8, 4) is 0 Å². The van der Waals surface area contributed by atoms with Crippen LogP contribution in [0.2, 0.25) is 0 Å². The summed E-state index contributed by atoms with van der Waals surface area (Å²) in [6.07, 6.45) is 0. The van der Waals surface area contributed by atoms with Crippen molar-refractivity contribution in [2.24, 2.45) is 11.8 Å². The maximum atomic E-state index is 8.14. The van der Waals surface area contributed by atoms with Crippen LogP contribution in [0.5, 0.6) is 0 Å². The van der Waals surface area contributed by atoms with E-state index in [4.69, 9.17) is 10.2 Å². The van der Waals surface area contributed by atoms with Crippen molar-refractivity contribution in [2.45, 2.75) is 27.7 Å². The molecule has 0 aliphatic carbocycles. The van der Waals surface area contributed by atoms with Gasteiger partial charge in [-0.3, -0.25) is 0 Å². The average Bonchev–Trinajstić information content (AvgIpc) is 1.89. The van der Waals surface area contributed by atoms with E-state index in [1.54, 1.807) is 0 Å². The van der Waals surface area contributed by atoms with E-state index in [-0.39, 0.29) is 37.2 Å². The fourth-order valence-corrected chi connectivity index (χ4v) is 0. The molecular formula is C8H22O4Zr+2. The Morgan fingerprint density at radius 2 is 0.846 bits per heavy atom. The molecule has 0 bridgehead atoms. The van der Waals surface area contributed by atoms with Crippen LogP contribution in [-0.4, -0.2) is 34.4 Å². The predicted octanol–water partition coefficient (Wildman–Crippen LogP) is 0.913. The summed E-state index contributed by atoms with van der Waals surface area (Å²) in [5.74, 6) is 0.880. The normalized spacial score (nSPS) is 7.38. The first-order valence-electron chi connectivity index (χ1n) is 3.76. The van der Waals surface area contributed by atoms with Gasteiger partial charge in [-0.25, -0.2) is 0 Å². The van der Waals surface area contributed by atoms with Crippen LogP contribution in [0.15, 0.2) is 0 Å². The van der Waals surface area contributed by atoms with Crippen molar-refractivity contribution in [1.29, 1.82) is 0 Å². The Hall–Kier alpha value is 0.723. The largest absolute Gasteiger partial charge is 4.00 e. The van der Waals surface area contributed by atoms with Gasteiger partial charge in [0.2, 0.25) is 0 Å². The zero-order valence-corrected chi connectivity index (χ0v) is 11.3. The first-order chi connectivity index (χ1) is 4.54. The Bertz CT molecular complexity index is 52.1. The predicted molar refractivity (Wildman–Crippen MR) is 47.7 cm³/mol. The van der Waals surface area contributed by atoms with Gasteiger partial charge in [0.1, 0.15) is 0 Å². The molecule has 0 saturated carbocycles. The summed E-state index contributed by atoms with van der Waals surface area (Å²) in [6.45, 7) is 8.50. The molecule has 0 atom stereocenters. The van der Waals surface area contributed by atoms with Crippen LogP contribution in [0.1, 0.15) is 27.7 Å². The van der Waals surface area contributed by atoms with Gasteiger partial charge in [0, 0.05) is 13.2 Å². The molecule has 13 heavy (non-hydrogen) atoms. The third kappa shape index (κ3) is 65.6. The first kappa shape index (κ1) is 29.2. The minimum absolute atomic E-state index is 0. The number of hydrogen-bond donors (Lipinski definition) is 2. The molecule has 0 aliphatic heterocycles. The molecule has 0 unspecified atom stereocenters. The molecular weight excluding hydrogens is 251 g/mol. The van der Waals surface area contributed by atoms with Crippen molar-refractivity contribution in [3.05, 3.63) is 0 Å². The van der Waals surface area contributed by atoms with Gasteiger partial charge in [-0.2, -0.15) is 0 Å². The van der Waals surface area contributed by atoms with Crippen LogP contribution in [-0.2, 0) is 26.2 Å². The molecule has 5 heteroatoms. The van der Waals surface area contributed by atoms with Crippen LogP contribution < -0.4 is 0 Å². The van der Waals surface area contributed by atoms with E-state index >= 15 is 0 Å². The zero-order valence-electron chi connectivity index (χ0n) is 8.86. The van der Waals surface area contributed by atoms with E-state index in [1.807, 2.05) is 27.7 Å². The molecule has 4 N–H and O–H groups in total. The summed E-state index contributed by atoms with van der Waals surface area (Å²) in [6, 6.07) is 0. The number of aliphatic hydroxyl groups excluding tert-OH is 2. The van der Waals surface area contributed by atoms with Crippen molar-refractivity contribution in [3.63, 3.8) is 0 Å². The first-order valence-corrected chi connectivity index (χ1v) is 3.76. The molecule has 0 aromatic rings. The Labute approximate surface area is 100 Å². The molecule has 0 spiro atoms. The van der Waals surface area contributed by atoms with Gasteiger partial charge in [-0.1, -0.05) is 27.7 Å². The van der Waals surface area contributed by atoms with Crippen LogP contribution in [0.3, 0.4) is 0 Å². The van der Waals surface area contributed by atoms with Gasteiger partial charge in [-0.15, -0.1) is 0 Å². The van der Waals surface area contributed by atoms with Gasteiger partial charge < -0.3 is 21.2 Å². The van der Waals surface area contributed by atoms with Gasteiger partial charge >= 0.3 is 26.2 Å². The third-order valence-electron chi connectivity index (χ3n) is 0.730. The van der Waals surface area contributed by atoms with Crippen molar-refractivity contribution in [1.82, 2.24) is 0 Å². The zero-order chi connectivity index (χ0) is 8.57. The summed E-state index contributed by atoms with van der Waals surface area (Å²) in [5, 5.41) is 16.3. The smallest absolute Gasteiger partial charge is 0.870 e. The topological polar surface area (TPSA) is 100 Å². The summed E-state index contributed by atoms with van der Waals surface area (Å²) >= 11 is 0. The summed E-state index contributed by atoms with van der Waals surface area (Å²) in [4.78, 5) is 0. The Morgan fingerprint density at radius 1 is 0.769 bits per heavy atom. The molecule has 0 saturated heterocycles. The van der Waals surface area contributed by atoms with Crippen LogP contribution in [0, 0.1) is 11.8 Å². The van der Waals surface area contributed by atoms with E-state index in [2.05, 4.69) is 0 Å². The van der Waals surface area contributed by atoms with Crippen molar-refractivity contribution in [2.75, 3.05) is 13.2 Å². The number of rotatable bonds is 2. The van der Waals surface area contributed by atoms with Gasteiger partial charge in [0.05, 0.1) is 0 Å². The molecule has 0 aromatic heterocycles. The van der Waals surface area contributed by atoms with Crippen molar-refractivity contribution >= 4 is 0 Å². The van der Waals surface area contributed by atoms with Gasteiger partial charge in [-0.05, 0) is 11.8 Å². The summed E-state index contributed by atoms with van der Waals surface area (Å²) in [7, 11) is 0. The van der Waals surface area contributed by atoms with Crippen LogP contribution in [0.25, 0.3) is 0 Å². The fraction of sp³-hybridized carbons (Fsp3) is 1.00. The summed E-state index contributed by atoms with van der Waals surface area (Å²) < 4.78 is 0. The van der Waals surface area contributed by atoms with Gasteiger partial charge in [0.15, 0.2) is 0 Å². The maximum absolute atomic E-state index is 8.14. The molecule has 0 rings (SSSR count). The second-order valence-corrected chi connectivity index (χ2v) is 3.15. The Kier molecular flexibility index (Phi) is 51.6. The minimum atomic E-state index is 0. The molecule has 0 amide bonds. The maximum Gasteiger partial charge on any atom is 4.00 e. The Morgan fingerprint density at radius 3 is 0.846 bits per heavy atom. The number of aliphatic hydroxyl groups is 2. The second-order valence-electron chi connectivity index (χ2n) is 3.15. The van der Waals surface area contributed by atoms with Crippen molar-refractivity contribution < 1.29 is 47.4 Å². The van der Waals surface area contributed by atoms with E-state index in [0.717, 1.165) is 0 Å².